The van der Waals surface area contributed by atoms with Gasteiger partial charge in [0.15, 0.2) is 0 Å². The van der Waals surface area contributed by atoms with Crippen molar-refractivity contribution in [2.24, 2.45) is 0 Å². The number of carboxylic acid groups (broad SMARTS) is 1. The predicted molar refractivity (Wildman–Crippen MR) is 124 cm³/mol. The molecule has 0 aliphatic carbocycles. The van der Waals surface area contributed by atoms with Crippen LogP contribution in [0, 0.1) is 0 Å². The zero-order valence-corrected chi connectivity index (χ0v) is 21.6. The third kappa shape index (κ3) is 6.45. The maximum absolute atomic E-state index is 13.9. The number of nitrogens with zero attached hydrogens (tertiary/aromatic N) is 2. The molecule has 0 radical (unpaired) electrons. The molecule has 0 saturated carbocycles. The largest absolute Gasteiger partial charge is 0.476 e. The van der Waals surface area contributed by atoms with Crippen LogP contribution >= 0.6 is 34.5 Å². The fourth-order valence-electron chi connectivity index (χ4n) is 3.70. The number of hydrogen-bond donors (Lipinski definition) is 2. The second-order valence-electron chi connectivity index (χ2n) is 8.13. The Morgan fingerprint density at radius 2 is 1.97 bits per heavy atom. The van der Waals surface area contributed by atoms with Crippen molar-refractivity contribution in [2.75, 3.05) is 13.1 Å². The smallest absolute Gasteiger partial charge is 0.404 e. The first-order valence-corrected chi connectivity index (χ1v) is 13.5. The topological polar surface area (TPSA) is 99.6 Å². The van der Waals surface area contributed by atoms with Crippen molar-refractivity contribution in [3.8, 4) is 10.4 Å². The average molecular weight is 596 g/mol. The van der Waals surface area contributed by atoms with E-state index in [4.69, 9.17) is 23.2 Å². The van der Waals surface area contributed by atoms with Crippen molar-refractivity contribution in [1.82, 2.24) is 14.6 Å². The lowest BCUT2D eigenvalue weighted by Gasteiger charge is -2.32. The Labute approximate surface area is 217 Å². The van der Waals surface area contributed by atoms with E-state index in [1.54, 1.807) is 4.72 Å². The van der Waals surface area contributed by atoms with Crippen LogP contribution in [0.1, 0.15) is 41.7 Å². The van der Waals surface area contributed by atoms with Crippen LogP contribution in [0.2, 0.25) is 10.0 Å². The summed E-state index contributed by atoms with van der Waals surface area (Å²) in [5.74, 6) is -4.29. The summed E-state index contributed by atoms with van der Waals surface area (Å²) in [6.07, 6.45) is -5.45. The summed E-state index contributed by atoms with van der Waals surface area (Å²) in [6, 6.07) is -0.260. The van der Waals surface area contributed by atoms with E-state index in [1.165, 1.54) is 4.90 Å². The van der Waals surface area contributed by atoms with Gasteiger partial charge in [-0.25, -0.2) is 27.0 Å². The highest BCUT2D eigenvalue weighted by Gasteiger charge is 2.41. The normalized spacial score (nSPS) is 17.8. The zero-order chi connectivity index (χ0) is 27.1. The molecule has 2 heterocycles. The Morgan fingerprint density at radius 3 is 2.53 bits per heavy atom. The van der Waals surface area contributed by atoms with Crippen molar-refractivity contribution in [2.45, 2.75) is 55.8 Å². The molecule has 1 fully saturated rings. The third-order valence-electron chi connectivity index (χ3n) is 5.41. The van der Waals surface area contributed by atoms with Gasteiger partial charge in [0, 0.05) is 18.5 Å². The summed E-state index contributed by atoms with van der Waals surface area (Å²) in [5.41, 5.74) is 0.178. The van der Waals surface area contributed by atoms with Gasteiger partial charge in [0.25, 0.3) is 5.92 Å². The molecule has 1 aliphatic rings. The fourth-order valence-corrected chi connectivity index (χ4v) is 6.87. The molecule has 1 aromatic heterocycles. The van der Waals surface area contributed by atoms with E-state index in [-0.39, 0.29) is 45.6 Å². The molecule has 16 heteroatoms. The van der Waals surface area contributed by atoms with E-state index in [0.29, 0.717) is 17.9 Å². The molecule has 1 atom stereocenters. The number of nitrogens with one attached hydrogen (secondary N) is 1. The van der Waals surface area contributed by atoms with Gasteiger partial charge in [0.1, 0.15) is 10.9 Å². The number of carboxylic acids is 1. The van der Waals surface area contributed by atoms with Crippen LogP contribution in [0.15, 0.2) is 17.0 Å². The molecule has 1 aromatic carbocycles. The van der Waals surface area contributed by atoms with Gasteiger partial charge in [-0.3, -0.25) is 4.90 Å². The molecule has 1 saturated heterocycles. The maximum atomic E-state index is 13.9. The number of likely N-dealkylation sites (tertiary alicyclic amines) is 1. The van der Waals surface area contributed by atoms with Crippen LogP contribution in [0.3, 0.4) is 0 Å². The first-order valence-electron chi connectivity index (χ1n) is 10.5. The molecular formula is C20H20Cl2F5N3O4S2. The highest BCUT2D eigenvalue weighted by Crippen LogP contribution is 2.42. The van der Waals surface area contributed by atoms with E-state index in [0.717, 1.165) is 19.1 Å². The van der Waals surface area contributed by atoms with Gasteiger partial charge in [0.2, 0.25) is 15.0 Å². The first-order chi connectivity index (χ1) is 16.6. The monoisotopic (exact) mass is 595 g/mol. The number of benzene rings is 1. The van der Waals surface area contributed by atoms with Crippen LogP contribution in [0.4, 0.5) is 22.0 Å². The van der Waals surface area contributed by atoms with Gasteiger partial charge < -0.3 is 5.11 Å². The number of alkyl halides is 5. The van der Waals surface area contributed by atoms with Gasteiger partial charge in [-0.05, 0) is 25.5 Å². The van der Waals surface area contributed by atoms with Gasteiger partial charge in [-0.15, -0.1) is 11.3 Å². The molecule has 1 unspecified atom stereocenters. The molecule has 0 amide bonds. The number of rotatable bonds is 8. The van der Waals surface area contributed by atoms with Crippen molar-refractivity contribution in [3.05, 3.63) is 32.9 Å². The van der Waals surface area contributed by atoms with Crippen LogP contribution in [0.25, 0.3) is 10.4 Å². The number of halogens is 7. The number of sulfonamides is 1. The Hall–Kier alpha value is -1.58. The molecule has 3 rings (SSSR count). The third-order valence-corrected chi connectivity index (χ3v) is 9.03. The van der Waals surface area contributed by atoms with Crippen LogP contribution in [0.5, 0.6) is 0 Å². The van der Waals surface area contributed by atoms with E-state index in [1.807, 2.05) is 0 Å². The number of piperidine rings is 1. The van der Waals surface area contributed by atoms with Crippen molar-refractivity contribution in [3.63, 3.8) is 0 Å². The molecule has 2 aromatic rings. The summed E-state index contributed by atoms with van der Waals surface area (Å²) in [6.45, 7) is 0.793. The number of carbonyl (C=O) groups is 1. The minimum absolute atomic E-state index is 0.0623. The second-order valence-corrected chi connectivity index (χ2v) is 11.6. The lowest BCUT2D eigenvalue weighted by Crippen LogP contribution is -2.44. The second kappa shape index (κ2) is 10.7. The van der Waals surface area contributed by atoms with Gasteiger partial charge >= 0.3 is 12.1 Å². The number of aromatic nitrogens is 1. The molecule has 2 N–H and O–H groups in total. The highest BCUT2D eigenvalue weighted by molar-refractivity contribution is 7.89. The summed E-state index contributed by atoms with van der Waals surface area (Å²) >= 11 is 13.1. The Bertz CT molecular complexity index is 1250. The van der Waals surface area contributed by atoms with Crippen LogP contribution in [-0.2, 0) is 16.6 Å². The van der Waals surface area contributed by atoms with E-state index < -0.39 is 57.0 Å². The Balaban J connectivity index is 2.01. The zero-order valence-electron chi connectivity index (χ0n) is 18.5. The average Bonchev–Trinajstić information content (AvgIpc) is 3.16. The van der Waals surface area contributed by atoms with E-state index in [9.17, 15) is 40.3 Å². The summed E-state index contributed by atoms with van der Waals surface area (Å²) in [5, 5.41) is 8.07. The van der Waals surface area contributed by atoms with Gasteiger partial charge in [-0.1, -0.05) is 36.2 Å². The van der Waals surface area contributed by atoms with E-state index >= 15 is 0 Å². The van der Waals surface area contributed by atoms with Gasteiger partial charge in [-0.2, -0.15) is 17.9 Å². The maximum Gasteiger partial charge on any atom is 0.404 e. The van der Waals surface area contributed by atoms with Gasteiger partial charge in [0.05, 0.1) is 27.2 Å². The summed E-state index contributed by atoms with van der Waals surface area (Å²) < 4.78 is 93.8. The molecule has 200 valence electrons. The lowest BCUT2D eigenvalue weighted by molar-refractivity contribution is -0.151. The summed E-state index contributed by atoms with van der Waals surface area (Å²) in [4.78, 5) is 16.4. The predicted octanol–water partition coefficient (Wildman–Crippen LogP) is 5.67. The van der Waals surface area contributed by atoms with Crippen molar-refractivity contribution in [1.29, 1.82) is 0 Å². The minimum atomic E-state index is -4.84. The molecule has 0 spiro atoms. The Kier molecular flexibility index (Phi) is 8.58. The molecular weight excluding hydrogens is 576 g/mol. The van der Waals surface area contributed by atoms with Crippen molar-refractivity contribution >= 4 is 50.5 Å². The number of thiazole rings is 1. The number of aromatic carboxylic acids is 1. The van der Waals surface area contributed by atoms with Crippen LogP contribution in [-0.4, -0.2) is 60.6 Å². The van der Waals surface area contributed by atoms with Crippen LogP contribution < -0.4 is 4.72 Å². The summed E-state index contributed by atoms with van der Waals surface area (Å²) in [7, 11) is -4.75. The lowest BCUT2D eigenvalue weighted by atomic mass is 10.1. The molecule has 7 nitrogen and oxygen atoms in total. The number of hydrogen-bond acceptors (Lipinski definition) is 6. The quantitative estimate of drug-likeness (QED) is 0.382. The first kappa shape index (κ1) is 29.0. The standard InChI is InChI=1S/C20H20Cl2F5N3O4S2/c1-2-13(20(25,26)27)29-36(33,34)12-5-4-10(14(21)15(12)22)16-11(28-17(35-16)18(31)32)8-30-7-3-6-19(23,24)9-30/h4-5,13,29H,2-3,6-9H2,1H3,(H,31,32). The highest BCUT2D eigenvalue weighted by atomic mass is 35.5. The SMILES string of the molecule is CCC(NS(=O)(=O)c1ccc(-c2sc(C(=O)O)nc2CN2CCCC(F)(F)C2)c(Cl)c1Cl)C(F)(F)F. The molecule has 36 heavy (non-hydrogen) atoms. The molecule has 0 bridgehead atoms. The Morgan fingerprint density at radius 1 is 1.31 bits per heavy atom. The van der Waals surface area contributed by atoms with E-state index in [2.05, 4.69) is 4.98 Å². The minimum Gasteiger partial charge on any atom is -0.476 e. The fraction of sp³-hybridized carbons (Fsp3) is 0.500. The van der Waals surface area contributed by atoms with Crippen molar-refractivity contribution < 1.29 is 40.3 Å². The molecule has 1 aliphatic heterocycles.